The minimum atomic E-state index is -3.62. The van der Waals surface area contributed by atoms with Crippen LogP contribution in [0.3, 0.4) is 0 Å². The van der Waals surface area contributed by atoms with Gasteiger partial charge in [0, 0.05) is 29.6 Å². The van der Waals surface area contributed by atoms with Crippen LogP contribution in [0, 0.1) is 6.92 Å². The molecule has 0 unspecified atom stereocenters. The van der Waals surface area contributed by atoms with E-state index in [4.69, 9.17) is 21.1 Å². The Bertz CT molecular complexity index is 1440. The molecule has 170 valence electrons. The highest BCUT2D eigenvalue weighted by molar-refractivity contribution is 7.91. The molecule has 0 radical (unpaired) electrons. The van der Waals surface area contributed by atoms with E-state index in [0.29, 0.717) is 33.2 Å². The molecule has 5 rings (SSSR count). The number of benzene rings is 2. The Kier molecular flexibility index (Phi) is 5.47. The Morgan fingerprint density at radius 2 is 1.91 bits per heavy atom. The summed E-state index contributed by atoms with van der Waals surface area (Å²) in [5.41, 5.74) is 1.39. The van der Waals surface area contributed by atoms with E-state index in [-0.39, 0.29) is 23.9 Å². The van der Waals surface area contributed by atoms with Gasteiger partial charge in [0.2, 0.25) is 17.8 Å². The molecule has 33 heavy (non-hydrogen) atoms. The Morgan fingerprint density at radius 1 is 1.18 bits per heavy atom. The van der Waals surface area contributed by atoms with E-state index < -0.39 is 15.7 Å². The van der Waals surface area contributed by atoms with Gasteiger partial charge in [-0.25, -0.2) is 13.4 Å². The number of fused-ring (bicyclic) bond motifs is 2. The largest absolute Gasteiger partial charge is 0.454 e. The number of nitrogens with one attached hydrogen (secondary N) is 1. The van der Waals surface area contributed by atoms with Crippen LogP contribution in [0.2, 0.25) is 5.02 Å². The van der Waals surface area contributed by atoms with Crippen LogP contribution in [0.25, 0.3) is 15.3 Å². The number of aryl methyl sites for hydroxylation is 1. The van der Waals surface area contributed by atoms with Gasteiger partial charge in [-0.15, -0.1) is 0 Å². The summed E-state index contributed by atoms with van der Waals surface area (Å²) in [6.45, 7) is 1.97. The normalized spacial score (nSPS) is 12.9. The molecule has 1 aliphatic rings. The van der Waals surface area contributed by atoms with Crippen LogP contribution in [0.15, 0.2) is 47.4 Å². The number of carbonyl (C=O) groups excluding carboxylic acids is 1. The molecule has 3 heterocycles. The highest BCUT2D eigenvalue weighted by atomic mass is 35.5. The van der Waals surface area contributed by atoms with Crippen LogP contribution in [-0.2, 0) is 14.6 Å². The minimum Gasteiger partial charge on any atom is -0.454 e. The number of aromatic nitrogens is 3. The van der Waals surface area contributed by atoms with Gasteiger partial charge in [-0.05, 0) is 31.2 Å². The fraction of sp³-hybridized carbons (Fsp3) is 0.190. The maximum absolute atomic E-state index is 12.6. The van der Waals surface area contributed by atoms with E-state index in [2.05, 4.69) is 15.4 Å². The van der Waals surface area contributed by atoms with Gasteiger partial charge in [-0.2, -0.15) is 9.78 Å². The number of amides is 1. The molecule has 0 spiro atoms. The van der Waals surface area contributed by atoms with Crippen molar-refractivity contribution in [2.75, 3.05) is 17.9 Å². The lowest BCUT2D eigenvalue weighted by Crippen LogP contribution is -2.19. The van der Waals surface area contributed by atoms with Gasteiger partial charge < -0.3 is 14.8 Å². The van der Waals surface area contributed by atoms with Crippen molar-refractivity contribution in [1.82, 2.24) is 14.8 Å². The molecule has 9 nitrogen and oxygen atoms in total. The van der Waals surface area contributed by atoms with Crippen LogP contribution < -0.4 is 14.8 Å². The number of carbonyl (C=O) groups is 1. The third kappa shape index (κ3) is 4.39. The van der Waals surface area contributed by atoms with Gasteiger partial charge >= 0.3 is 0 Å². The van der Waals surface area contributed by atoms with Crippen molar-refractivity contribution in [2.24, 2.45) is 0 Å². The SMILES string of the molecule is Cc1cc(NC(=O)CCS(=O)(=O)c2ccc(Cl)cc2)n(-c2nc3cc4c(cc3s2)OCO4)n1. The van der Waals surface area contributed by atoms with Crippen LogP contribution in [0.4, 0.5) is 5.82 Å². The zero-order valence-electron chi connectivity index (χ0n) is 17.2. The standard InChI is InChI=1S/C21H17ClN4O5S2/c1-12-8-19(24-20(27)6-7-33(28,29)14-4-2-13(22)3-5-14)26(25-12)21-23-15-9-16-17(31-11-30-16)10-18(15)32-21/h2-5,8-10H,6-7,11H2,1H3,(H,24,27). The topological polar surface area (TPSA) is 112 Å². The lowest BCUT2D eigenvalue weighted by atomic mass is 10.3. The average Bonchev–Trinajstić information content (AvgIpc) is 3.48. The molecule has 0 bridgehead atoms. The van der Waals surface area contributed by atoms with Crippen molar-refractivity contribution in [3.8, 4) is 16.6 Å². The third-order valence-corrected chi connectivity index (χ3v) is 7.90. The Balaban J connectivity index is 1.33. The van der Waals surface area contributed by atoms with Crippen molar-refractivity contribution in [3.63, 3.8) is 0 Å². The summed E-state index contributed by atoms with van der Waals surface area (Å²) in [6, 6.07) is 11.2. The first-order chi connectivity index (χ1) is 15.8. The lowest BCUT2D eigenvalue weighted by Gasteiger charge is -2.07. The number of rotatable bonds is 6. The van der Waals surface area contributed by atoms with Crippen LogP contribution >= 0.6 is 22.9 Å². The first kappa shape index (κ1) is 21.7. The number of nitrogens with zero attached hydrogens (tertiary/aromatic N) is 3. The molecule has 12 heteroatoms. The highest BCUT2D eigenvalue weighted by Gasteiger charge is 2.20. The molecule has 0 atom stereocenters. The molecular weight excluding hydrogens is 488 g/mol. The van der Waals surface area contributed by atoms with E-state index in [1.807, 2.05) is 6.07 Å². The zero-order chi connectivity index (χ0) is 23.2. The summed E-state index contributed by atoms with van der Waals surface area (Å²) >= 11 is 7.20. The van der Waals surface area contributed by atoms with Crippen LogP contribution in [0.1, 0.15) is 12.1 Å². The molecule has 1 amide bonds. The summed E-state index contributed by atoms with van der Waals surface area (Å²) in [4.78, 5) is 17.3. The molecule has 1 aliphatic heterocycles. The Morgan fingerprint density at radius 3 is 2.67 bits per heavy atom. The number of hydrogen-bond acceptors (Lipinski definition) is 8. The van der Waals surface area contributed by atoms with Gasteiger partial charge in [-0.1, -0.05) is 22.9 Å². The second-order valence-corrected chi connectivity index (χ2v) is 10.9. The lowest BCUT2D eigenvalue weighted by molar-refractivity contribution is -0.115. The fourth-order valence-corrected chi connectivity index (χ4v) is 5.63. The first-order valence-corrected chi connectivity index (χ1v) is 12.7. The smallest absolute Gasteiger partial charge is 0.231 e. The molecule has 0 saturated carbocycles. The molecule has 4 aromatic rings. The van der Waals surface area contributed by atoms with Gasteiger partial charge in [-0.3, -0.25) is 4.79 Å². The Labute approximate surface area is 197 Å². The van der Waals surface area contributed by atoms with E-state index >= 15 is 0 Å². The van der Waals surface area contributed by atoms with Crippen molar-refractivity contribution < 1.29 is 22.7 Å². The molecule has 1 N–H and O–H groups in total. The van der Waals surface area contributed by atoms with Gasteiger partial charge in [0.15, 0.2) is 21.3 Å². The van der Waals surface area contributed by atoms with E-state index in [1.54, 1.807) is 19.1 Å². The van der Waals surface area contributed by atoms with Crippen molar-refractivity contribution in [2.45, 2.75) is 18.2 Å². The number of halogens is 1. The predicted octanol–water partition coefficient (Wildman–Crippen LogP) is 3.98. The van der Waals surface area contributed by atoms with E-state index in [1.165, 1.54) is 40.3 Å². The molecule has 0 aliphatic carbocycles. The van der Waals surface area contributed by atoms with Crippen LogP contribution in [0.5, 0.6) is 11.5 Å². The van der Waals surface area contributed by atoms with Gasteiger partial charge in [0.05, 0.1) is 26.6 Å². The highest BCUT2D eigenvalue weighted by Crippen LogP contribution is 2.39. The van der Waals surface area contributed by atoms with Crippen molar-refractivity contribution >= 4 is 54.7 Å². The minimum absolute atomic E-state index is 0.120. The number of hydrogen-bond donors (Lipinski definition) is 1. The number of ether oxygens (including phenoxy) is 2. The average molecular weight is 505 g/mol. The number of sulfone groups is 1. The number of thiazole rings is 1. The molecule has 2 aromatic heterocycles. The molecule has 0 fully saturated rings. The van der Waals surface area contributed by atoms with Crippen molar-refractivity contribution in [3.05, 3.63) is 53.2 Å². The van der Waals surface area contributed by atoms with E-state index in [9.17, 15) is 13.2 Å². The van der Waals surface area contributed by atoms with Gasteiger partial charge in [0.25, 0.3) is 0 Å². The molecule has 2 aromatic carbocycles. The fourth-order valence-electron chi connectivity index (χ4n) is 3.32. The maximum Gasteiger partial charge on any atom is 0.231 e. The van der Waals surface area contributed by atoms with E-state index in [0.717, 1.165) is 10.2 Å². The molecule has 0 saturated heterocycles. The Hall–Kier alpha value is -3.15. The summed E-state index contributed by atoms with van der Waals surface area (Å²) in [7, 11) is -3.62. The second kappa shape index (κ2) is 8.32. The summed E-state index contributed by atoms with van der Waals surface area (Å²) < 4.78 is 38.2. The van der Waals surface area contributed by atoms with Gasteiger partial charge in [0.1, 0.15) is 5.82 Å². The number of anilines is 1. The second-order valence-electron chi connectivity index (χ2n) is 7.32. The van der Waals surface area contributed by atoms with Crippen LogP contribution in [-0.4, -0.2) is 41.6 Å². The predicted molar refractivity (Wildman–Crippen MR) is 124 cm³/mol. The summed E-state index contributed by atoms with van der Waals surface area (Å²) in [6.07, 6.45) is -0.212. The monoisotopic (exact) mass is 504 g/mol. The first-order valence-electron chi connectivity index (χ1n) is 9.84. The quantitative estimate of drug-likeness (QED) is 0.422. The summed E-state index contributed by atoms with van der Waals surface area (Å²) in [5.74, 6) is 0.910. The maximum atomic E-state index is 12.6. The summed E-state index contributed by atoms with van der Waals surface area (Å²) in [5, 5.41) is 8.16. The van der Waals surface area contributed by atoms with Crippen molar-refractivity contribution in [1.29, 1.82) is 0 Å². The third-order valence-electron chi connectivity index (χ3n) is 4.92. The zero-order valence-corrected chi connectivity index (χ0v) is 19.6. The molecular formula is C21H17ClN4O5S2.